The topological polar surface area (TPSA) is 202 Å². The van der Waals surface area contributed by atoms with Crippen molar-refractivity contribution in [3.05, 3.63) is 192 Å². The molecule has 414 valence electrons. The van der Waals surface area contributed by atoms with Crippen molar-refractivity contribution in [2.24, 2.45) is 19.1 Å². The average molecular weight is 1120 g/mol. The van der Waals surface area contributed by atoms with Crippen LogP contribution in [0.15, 0.2) is 131 Å². The van der Waals surface area contributed by atoms with Crippen LogP contribution in [0, 0.1) is 5.82 Å². The molecule has 9 aromatic rings. The summed E-state index contributed by atoms with van der Waals surface area (Å²) in [6.45, 7) is 13.3. The Morgan fingerprint density at radius 3 is 1.73 bits per heavy atom. The van der Waals surface area contributed by atoms with E-state index in [-0.39, 0.29) is 34.4 Å². The zero-order valence-corrected chi connectivity index (χ0v) is 47.5. The van der Waals surface area contributed by atoms with E-state index in [1.54, 1.807) is 103 Å². The molecule has 0 saturated heterocycles. The molecule has 17 nitrogen and oxygen atoms in total. The predicted octanol–water partition coefficient (Wildman–Crippen LogP) is 10.3. The van der Waals surface area contributed by atoms with E-state index in [0.29, 0.717) is 51.7 Å². The van der Waals surface area contributed by atoms with Crippen LogP contribution in [0.3, 0.4) is 0 Å². The molecule has 0 spiro atoms. The van der Waals surface area contributed by atoms with Crippen molar-refractivity contribution in [2.75, 3.05) is 6.54 Å². The van der Waals surface area contributed by atoms with Crippen LogP contribution in [-0.4, -0.2) is 82.6 Å². The first-order chi connectivity index (χ1) is 37.8. The monoisotopic (exact) mass is 1120 g/mol. The molecule has 0 amide bonds. The molecule has 0 atom stereocenters. The Balaban J connectivity index is 0.000000197. The first kappa shape index (κ1) is 56.8. The lowest BCUT2D eigenvalue weighted by atomic mass is 10.0. The molecule has 0 saturated carbocycles. The number of ether oxygens (including phenoxy) is 1. The number of aliphatic imine (C=N–C) groups is 1. The molecule has 10 rings (SSSR count). The number of aryl methyl sites for hydroxylation is 3. The third kappa shape index (κ3) is 12.7. The zero-order valence-electron chi connectivity index (χ0n) is 46.0. The maximum Gasteiger partial charge on any atom is 0.435 e. The van der Waals surface area contributed by atoms with Crippen molar-refractivity contribution >= 4 is 56.8 Å². The maximum atomic E-state index is 15.2. The second-order valence-electron chi connectivity index (χ2n) is 21.9. The molecule has 0 bridgehead atoms. The second kappa shape index (κ2) is 22.7. The van der Waals surface area contributed by atoms with E-state index in [0.717, 1.165) is 64.1 Å². The van der Waals surface area contributed by atoms with Gasteiger partial charge in [-0.15, -0.1) is 0 Å². The molecular weight excluding hydrogens is 1060 g/mol. The van der Waals surface area contributed by atoms with Crippen LogP contribution in [0.4, 0.5) is 9.18 Å². The molecule has 1 aliphatic rings. The maximum absolute atomic E-state index is 15.2. The van der Waals surface area contributed by atoms with Gasteiger partial charge in [-0.2, -0.15) is 9.78 Å². The minimum Gasteiger partial charge on any atom is -0.442 e. The Morgan fingerprint density at radius 1 is 0.650 bits per heavy atom. The standard InChI is InChI=1S/C32H34ClFN6O4.C28H28ClN5O2/c1-31(2,3)44-30(42)39-12-11-22(37-39)9-7-19-8-10-25(33)20(13-19)18-40-27-15-23(26(34)14-24(27)28(41)38(40)6)21-16-35-29(36-17-21)32(4,5)43;1-28(2,36)27-31-15-21(16-32-27)19-8-10-23-25(14-19)34(33(3)26(23)35)17-20-13-18(7-11-24(20)29)6-9-22-5-4-12-30-22/h8,10-17,43H,7,9,18H2,1-6H3;4-5,7-8,10-11,13-16,36H,6,9,12,17H2,1-3H3. The molecule has 5 aromatic heterocycles. The Kier molecular flexibility index (Phi) is 16.1. The summed E-state index contributed by atoms with van der Waals surface area (Å²) < 4.78 is 28.6. The molecule has 4 aromatic carbocycles. The fraction of sp³-hybridized carbons (Fsp3) is 0.317. The largest absolute Gasteiger partial charge is 0.442 e. The summed E-state index contributed by atoms with van der Waals surface area (Å²) >= 11 is 13.2. The van der Waals surface area contributed by atoms with E-state index < -0.39 is 28.7 Å². The summed E-state index contributed by atoms with van der Waals surface area (Å²) in [4.78, 5) is 59.9. The summed E-state index contributed by atoms with van der Waals surface area (Å²) in [5.41, 5.74) is 6.04. The van der Waals surface area contributed by atoms with E-state index in [1.165, 1.54) is 33.4 Å². The highest BCUT2D eigenvalue weighted by Crippen LogP contribution is 2.30. The highest BCUT2D eigenvalue weighted by atomic mass is 35.5. The summed E-state index contributed by atoms with van der Waals surface area (Å²) in [5, 5.41) is 26.7. The van der Waals surface area contributed by atoms with Gasteiger partial charge in [0.05, 0.1) is 47.1 Å². The van der Waals surface area contributed by atoms with Gasteiger partial charge >= 0.3 is 6.09 Å². The predicted molar refractivity (Wildman–Crippen MR) is 309 cm³/mol. The number of hydrogen-bond acceptors (Lipinski definition) is 12. The van der Waals surface area contributed by atoms with Crippen molar-refractivity contribution in [1.29, 1.82) is 0 Å². The van der Waals surface area contributed by atoms with Gasteiger partial charge in [-0.3, -0.25) is 33.3 Å². The highest BCUT2D eigenvalue weighted by molar-refractivity contribution is 6.31. The quantitative estimate of drug-likeness (QED) is 0.105. The number of aromatic nitrogens is 10. The number of fused-ring (bicyclic) bond motifs is 2. The molecule has 2 N–H and O–H groups in total. The molecule has 0 aliphatic carbocycles. The SMILES string of the molecule is Cn1c(=O)c2cc(F)c(-c3cnc(C(C)(C)O)nc3)cc2n1Cc1cc(CCc2ccn(C(=O)OC(C)(C)C)n2)ccc1Cl.Cn1c(=O)c2ccc(-c3cnc(C(C)(C)O)nc3)cc2n1Cc1cc(CCC2=NCC=C2)ccc1Cl. The van der Waals surface area contributed by atoms with Crippen LogP contribution in [0.5, 0.6) is 0 Å². The smallest absolute Gasteiger partial charge is 0.435 e. The minimum absolute atomic E-state index is 0.0662. The summed E-state index contributed by atoms with van der Waals surface area (Å²) in [6, 6.07) is 22.1. The van der Waals surface area contributed by atoms with Crippen molar-refractivity contribution in [2.45, 2.75) is 104 Å². The molecule has 20 heteroatoms. The van der Waals surface area contributed by atoms with Crippen LogP contribution in [-0.2, 0) is 62.4 Å². The number of allylic oxidation sites excluding steroid dienone is 1. The van der Waals surface area contributed by atoms with Crippen molar-refractivity contribution in [3.63, 3.8) is 0 Å². The van der Waals surface area contributed by atoms with Crippen molar-refractivity contribution < 1.29 is 24.1 Å². The number of halogens is 3. The number of aliphatic hydroxyl groups is 2. The normalized spacial score (nSPS) is 12.8. The third-order valence-corrected chi connectivity index (χ3v) is 14.3. The van der Waals surface area contributed by atoms with Crippen LogP contribution >= 0.6 is 23.2 Å². The van der Waals surface area contributed by atoms with E-state index in [9.17, 15) is 24.6 Å². The van der Waals surface area contributed by atoms with E-state index in [4.69, 9.17) is 27.9 Å². The number of nitrogens with zero attached hydrogens (tertiary/aromatic N) is 11. The molecule has 0 radical (unpaired) electrons. The number of benzene rings is 4. The second-order valence-corrected chi connectivity index (χ2v) is 22.7. The molecule has 6 heterocycles. The van der Waals surface area contributed by atoms with Gasteiger partial charge in [0.15, 0.2) is 11.6 Å². The number of carbonyl (C=O) groups excluding carboxylic acids is 1. The van der Waals surface area contributed by atoms with E-state index >= 15 is 4.39 Å². The lowest BCUT2D eigenvalue weighted by Gasteiger charge is -2.18. The molecular formula is C60H62Cl2FN11O6. The lowest BCUT2D eigenvalue weighted by Crippen LogP contribution is -2.27. The number of rotatable bonds is 14. The number of carbonyl (C=O) groups is 1. The van der Waals surface area contributed by atoms with Gasteiger partial charge in [-0.05, 0) is 151 Å². The van der Waals surface area contributed by atoms with Gasteiger partial charge in [-0.1, -0.05) is 59.6 Å². The Bertz CT molecular complexity index is 3980. The zero-order chi connectivity index (χ0) is 57.4. The lowest BCUT2D eigenvalue weighted by molar-refractivity contribution is 0.0513. The van der Waals surface area contributed by atoms with Crippen LogP contribution in [0.2, 0.25) is 10.0 Å². The Morgan fingerprint density at radius 2 is 1.19 bits per heavy atom. The van der Waals surface area contributed by atoms with Crippen LogP contribution in [0.25, 0.3) is 44.1 Å². The average Bonchev–Trinajstić information content (AvgIpc) is 4.30. The first-order valence-corrected chi connectivity index (χ1v) is 26.8. The fourth-order valence-corrected chi connectivity index (χ4v) is 9.63. The van der Waals surface area contributed by atoms with Gasteiger partial charge < -0.3 is 14.9 Å². The first-order valence-electron chi connectivity index (χ1n) is 26.0. The molecule has 0 fully saturated rings. The summed E-state index contributed by atoms with van der Waals surface area (Å²) in [7, 11) is 3.39. The number of hydrogen-bond donors (Lipinski definition) is 2. The van der Waals surface area contributed by atoms with Crippen LogP contribution in [0.1, 0.15) is 94.5 Å². The minimum atomic E-state index is -1.24. The summed E-state index contributed by atoms with van der Waals surface area (Å²) in [5.74, 6) is -0.0131. The van der Waals surface area contributed by atoms with Crippen molar-refractivity contribution in [3.8, 4) is 22.3 Å². The van der Waals surface area contributed by atoms with E-state index in [1.807, 2.05) is 53.2 Å². The highest BCUT2D eigenvalue weighted by Gasteiger charge is 2.24. The van der Waals surface area contributed by atoms with Gasteiger partial charge in [0.1, 0.15) is 22.6 Å². The Labute approximate surface area is 471 Å². The molecule has 0 unspecified atom stereocenters. The van der Waals surface area contributed by atoms with Gasteiger partial charge in [-0.25, -0.2) is 29.1 Å². The Hall–Kier alpha value is -7.90. The van der Waals surface area contributed by atoms with Crippen LogP contribution < -0.4 is 11.1 Å². The van der Waals surface area contributed by atoms with Gasteiger partial charge in [0, 0.05) is 77.5 Å². The van der Waals surface area contributed by atoms with Crippen molar-refractivity contribution in [1.82, 2.24) is 48.4 Å². The van der Waals surface area contributed by atoms with Gasteiger partial charge in [0.2, 0.25) is 0 Å². The van der Waals surface area contributed by atoms with E-state index in [2.05, 4.69) is 48.2 Å². The molecule has 1 aliphatic heterocycles. The fourth-order valence-electron chi connectivity index (χ4n) is 9.28. The third-order valence-electron chi connectivity index (χ3n) is 13.6. The summed E-state index contributed by atoms with van der Waals surface area (Å²) in [6.07, 6.45) is 14.5. The van der Waals surface area contributed by atoms with Gasteiger partial charge in [0.25, 0.3) is 11.1 Å². The molecule has 80 heavy (non-hydrogen) atoms.